The molecule has 0 amide bonds. The standard InChI is InChI=1S/C28H30N4O4/c1-34-27-24-18-32(33)22-11-4-2-9-20(22)17-30(24)19-26(27)36-15-7-6-14-31-23-12-5-3-10-21(23)29-28(31)25-13-8-16-35-25/h3,5,8,10-13,16,18-20H,2,4,6-7,9,14-15,17H2,1H3/t20-/m0/s1. The largest absolute Gasteiger partial charge is 0.618 e. The molecule has 8 heteroatoms. The first-order valence-corrected chi connectivity index (χ1v) is 12.6. The third-order valence-electron chi connectivity index (χ3n) is 7.11. The number of rotatable bonds is 8. The minimum Gasteiger partial charge on any atom is -0.618 e. The van der Waals surface area contributed by atoms with Gasteiger partial charge in [-0.2, -0.15) is 4.74 Å². The molecule has 4 aromatic rings. The average Bonchev–Trinajstić information content (AvgIpc) is 3.60. The summed E-state index contributed by atoms with van der Waals surface area (Å²) in [5.74, 6) is 3.14. The second kappa shape index (κ2) is 9.60. The number of para-hydroxylation sites is 2. The van der Waals surface area contributed by atoms with Crippen molar-refractivity contribution in [2.75, 3.05) is 13.7 Å². The molecule has 0 N–H and O–H groups in total. The van der Waals surface area contributed by atoms with E-state index in [1.54, 1.807) is 19.6 Å². The summed E-state index contributed by atoms with van der Waals surface area (Å²) in [4.78, 5) is 4.79. The number of unbranched alkanes of at least 4 members (excludes halogenated alkanes) is 1. The van der Waals surface area contributed by atoms with Crippen molar-refractivity contribution in [2.45, 2.75) is 45.2 Å². The Bertz CT molecular complexity index is 1430. The van der Waals surface area contributed by atoms with Crippen molar-refractivity contribution in [3.05, 3.63) is 71.5 Å². The SMILES string of the molecule is COc1c(OCCCCn2c(-c3ccco3)nc3ccccc32)cn2c1C=[N+]([O-])C1=CCCC[C@H]1C2. The highest BCUT2D eigenvalue weighted by molar-refractivity contribution is 5.81. The molecule has 0 bridgehead atoms. The lowest BCUT2D eigenvalue weighted by Crippen LogP contribution is -2.18. The molecule has 4 heterocycles. The first-order chi connectivity index (χ1) is 17.7. The summed E-state index contributed by atoms with van der Waals surface area (Å²) >= 11 is 0. The van der Waals surface area contributed by atoms with Crippen LogP contribution < -0.4 is 9.47 Å². The van der Waals surface area contributed by atoms with Crippen LogP contribution in [0, 0.1) is 11.1 Å². The van der Waals surface area contributed by atoms with Gasteiger partial charge in [0.05, 0.1) is 43.1 Å². The van der Waals surface area contributed by atoms with E-state index < -0.39 is 0 Å². The summed E-state index contributed by atoms with van der Waals surface area (Å²) in [5, 5.41) is 12.8. The quantitative estimate of drug-likeness (QED) is 0.184. The van der Waals surface area contributed by atoms with Gasteiger partial charge in [0.2, 0.25) is 6.21 Å². The van der Waals surface area contributed by atoms with Crippen LogP contribution >= 0.6 is 0 Å². The van der Waals surface area contributed by atoms with Gasteiger partial charge in [0.15, 0.2) is 34.5 Å². The van der Waals surface area contributed by atoms with Crippen LogP contribution in [-0.2, 0) is 13.1 Å². The molecular formula is C28H30N4O4. The van der Waals surface area contributed by atoms with Gasteiger partial charge in [-0.3, -0.25) is 0 Å². The van der Waals surface area contributed by atoms with Crippen molar-refractivity contribution in [3.63, 3.8) is 0 Å². The molecule has 1 atom stereocenters. The van der Waals surface area contributed by atoms with Crippen molar-refractivity contribution in [2.24, 2.45) is 5.92 Å². The van der Waals surface area contributed by atoms with Gasteiger partial charge < -0.3 is 28.2 Å². The lowest BCUT2D eigenvalue weighted by atomic mass is 9.92. The number of nitrogens with zero attached hydrogens (tertiary/aromatic N) is 4. The smallest absolute Gasteiger partial charge is 0.208 e. The monoisotopic (exact) mass is 486 g/mol. The molecule has 6 rings (SSSR count). The van der Waals surface area contributed by atoms with Crippen LogP contribution in [0.2, 0.25) is 0 Å². The Morgan fingerprint density at radius 1 is 1.19 bits per heavy atom. The van der Waals surface area contributed by atoms with Crippen molar-refractivity contribution in [1.29, 1.82) is 0 Å². The Labute approximate surface area is 209 Å². The van der Waals surface area contributed by atoms with E-state index >= 15 is 0 Å². The topological polar surface area (TPSA) is 80.4 Å². The van der Waals surface area contributed by atoms with Crippen molar-refractivity contribution in [1.82, 2.24) is 14.1 Å². The average molecular weight is 487 g/mol. The molecule has 186 valence electrons. The highest BCUT2D eigenvalue weighted by Gasteiger charge is 2.31. The highest BCUT2D eigenvalue weighted by atomic mass is 16.5. The predicted molar refractivity (Wildman–Crippen MR) is 137 cm³/mol. The third kappa shape index (κ3) is 4.06. The Balaban J connectivity index is 1.14. The van der Waals surface area contributed by atoms with Gasteiger partial charge >= 0.3 is 0 Å². The summed E-state index contributed by atoms with van der Waals surface area (Å²) in [6, 6.07) is 12.0. The summed E-state index contributed by atoms with van der Waals surface area (Å²) < 4.78 is 22.8. The second-order valence-corrected chi connectivity index (χ2v) is 9.38. The number of fused-ring (bicyclic) bond motifs is 3. The molecule has 0 unspecified atom stereocenters. The van der Waals surface area contributed by atoms with Crippen molar-refractivity contribution >= 4 is 17.2 Å². The minimum atomic E-state index is 0.229. The summed E-state index contributed by atoms with van der Waals surface area (Å²) in [7, 11) is 1.63. The minimum absolute atomic E-state index is 0.229. The Morgan fingerprint density at radius 2 is 2.11 bits per heavy atom. The molecule has 1 aliphatic carbocycles. The van der Waals surface area contributed by atoms with E-state index in [9.17, 15) is 5.21 Å². The fraction of sp³-hybridized carbons (Fsp3) is 0.357. The molecule has 0 saturated carbocycles. The van der Waals surface area contributed by atoms with Gasteiger partial charge in [0.1, 0.15) is 0 Å². The molecule has 8 nitrogen and oxygen atoms in total. The lowest BCUT2D eigenvalue weighted by Gasteiger charge is -2.20. The number of aromatic nitrogens is 3. The molecular weight excluding hydrogens is 456 g/mol. The normalized spacial score (nSPS) is 17.2. The fourth-order valence-corrected chi connectivity index (χ4v) is 5.37. The third-order valence-corrected chi connectivity index (χ3v) is 7.11. The number of aryl methyl sites for hydroxylation is 1. The van der Waals surface area contributed by atoms with Crippen LogP contribution in [0.3, 0.4) is 0 Å². The Morgan fingerprint density at radius 3 is 2.97 bits per heavy atom. The van der Waals surface area contributed by atoms with E-state index in [1.807, 2.05) is 36.5 Å². The van der Waals surface area contributed by atoms with E-state index in [4.69, 9.17) is 18.9 Å². The van der Waals surface area contributed by atoms with Crippen molar-refractivity contribution in [3.8, 4) is 23.1 Å². The van der Waals surface area contributed by atoms with Crippen LogP contribution in [0.5, 0.6) is 11.5 Å². The van der Waals surface area contributed by atoms with E-state index in [0.717, 1.165) is 83.9 Å². The van der Waals surface area contributed by atoms with Crippen molar-refractivity contribution < 1.29 is 18.6 Å². The highest BCUT2D eigenvalue weighted by Crippen LogP contribution is 2.37. The zero-order valence-corrected chi connectivity index (χ0v) is 20.4. The van der Waals surface area contributed by atoms with Crippen LogP contribution in [0.15, 0.2) is 65.0 Å². The van der Waals surface area contributed by atoms with E-state index in [2.05, 4.69) is 21.3 Å². The molecule has 0 fully saturated rings. The van der Waals surface area contributed by atoms with Gasteiger partial charge in [0, 0.05) is 13.1 Å². The first-order valence-electron chi connectivity index (χ1n) is 12.6. The molecule has 1 aliphatic heterocycles. The number of imidazole rings is 1. The maximum Gasteiger partial charge on any atom is 0.208 e. The maximum atomic E-state index is 12.8. The van der Waals surface area contributed by atoms with Crippen LogP contribution in [0.25, 0.3) is 22.6 Å². The van der Waals surface area contributed by atoms with Gasteiger partial charge in [-0.1, -0.05) is 12.1 Å². The van der Waals surface area contributed by atoms with Gasteiger partial charge in [0.25, 0.3) is 0 Å². The Kier molecular flexibility index (Phi) is 6.01. The Hall–Kier alpha value is -3.94. The number of hydrogen-bond donors (Lipinski definition) is 0. The number of furan rings is 1. The summed E-state index contributed by atoms with van der Waals surface area (Å²) in [5.41, 5.74) is 3.69. The first kappa shape index (κ1) is 22.5. The maximum absolute atomic E-state index is 12.8. The second-order valence-electron chi connectivity index (χ2n) is 9.38. The molecule has 2 aliphatic rings. The zero-order chi connectivity index (χ0) is 24.5. The molecule has 1 aromatic carbocycles. The van der Waals surface area contributed by atoms with Crippen LogP contribution in [-0.4, -0.2) is 38.8 Å². The van der Waals surface area contributed by atoms with Gasteiger partial charge in [-0.05, 0) is 62.4 Å². The molecule has 0 saturated heterocycles. The lowest BCUT2D eigenvalue weighted by molar-refractivity contribution is -0.406. The van der Waals surface area contributed by atoms with E-state index in [-0.39, 0.29) is 5.92 Å². The molecule has 36 heavy (non-hydrogen) atoms. The molecule has 3 aromatic heterocycles. The predicted octanol–water partition coefficient (Wildman–Crippen LogP) is 5.59. The van der Waals surface area contributed by atoms with E-state index in [0.29, 0.717) is 18.1 Å². The number of methoxy groups -OCH3 is 1. The van der Waals surface area contributed by atoms with Gasteiger partial charge in [-0.15, -0.1) is 0 Å². The zero-order valence-electron chi connectivity index (χ0n) is 20.4. The fourth-order valence-electron chi connectivity index (χ4n) is 5.37. The number of allylic oxidation sites excluding steroid dienone is 2. The number of hydroxylamine groups is 1. The van der Waals surface area contributed by atoms with E-state index in [1.165, 1.54) is 0 Å². The van der Waals surface area contributed by atoms with Crippen LogP contribution in [0.4, 0.5) is 0 Å². The molecule has 0 radical (unpaired) electrons. The van der Waals surface area contributed by atoms with Gasteiger partial charge in [-0.25, -0.2) is 4.98 Å². The molecule has 0 spiro atoms. The number of benzene rings is 1. The number of hydrogen-bond acceptors (Lipinski definition) is 5. The number of ether oxygens (including phenoxy) is 2. The summed E-state index contributed by atoms with van der Waals surface area (Å²) in [6.07, 6.45) is 12.3. The van der Waals surface area contributed by atoms with Crippen LogP contribution in [0.1, 0.15) is 37.8 Å². The summed E-state index contributed by atoms with van der Waals surface area (Å²) in [6.45, 7) is 2.12.